The van der Waals surface area contributed by atoms with Gasteiger partial charge in [-0.1, -0.05) is 29.5 Å². The first-order valence-electron chi connectivity index (χ1n) is 12.6. The van der Waals surface area contributed by atoms with E-state index in [0.717, 1.165) is 16.6 Å². The number of carbonyl (C=O) groups excluding carboxylic acids is 1. The molecular weight excluding hydrogens is 550 g/mol. The molecule has 0 saturated heterocycles. The molecule has 11 nitrogen and oxygen atoms in total. The molecule has 0 spiro atoms. The molecule has 0 bridgehead atoms. The van der Waals surface area contributed by atoms with Crippen LogP contribution in [-0.4, -0.2) is 29.4 Å². The molecule has 2 aliphatic heterocycles. The summed E-state index contributed by atoms with van der Waals surface area (Å²) < 4.78 is 24.3. The lowest BCUT2D eigenvalue weighted by Crippen LogP contribution is -2.70. The van der Waals surface area contributed by atoms with Crippen LogP contribution in [0.25, 0.3) is 17.4 Å². The molecule has 0 fully saturated rings. The average Bonchev–Trinajstić information content (AvgIpc) is 3.68. The van der Waals surface area contributed by atoms with Gasteiger partial charge in [0.2, 0.25) is 6.79 Å². The van der Waals surface area contributed by atoms with Crippen LogP contribution in [-0.2, 0) is 9.53 Å². The SMILES string of the molecule is CCOC(=O)C1=C(C)N=c2s/c(=C\c3ccc(-c4ccc(C)c([NH2+][O-])c4)o3)c(=O)n2C1c1ccc2c(c1)OCO2.O. The quantitative estimate of drug-likeness (QED) is 0.208. The van der Waals surface area contributed by atoms with E-state index in [4.69, 9.17) is 18.6 Å². The lowest BCUT2D eigenvalue weighted by Gasteiger charge is -2.24. The van der Waals surface area contributed by atoms with E-state index in [1.807, 2.05) is 19.1 Å². The number of fused-ring (bicyclic) bond motifs is 2. The third kappa shape index (κ3) is 4.98. The van der Waals surface area contributed by atoms with Crippen LogP contribution in [0, 0.1) is 12.1 Å². The second-order valence-electron chi connectivity index (χ2n) is 9.31. The zero-order chi connectivity index (χ0) is 28.0. The molecule has 1 unspecified atom stereocenters. The Morgan fingerprint density at radius 3 is 2.76 bits per heavy atom. The van der Waals surface area contributed by atoms with Gasteiger partial charge in [-0.05, 0) is 50.6 Å². The fourth-order valence-corrected chi connectivity index (χ4v) is 5.85. The summed E-state index contributed by atoms with van der Waals surface area (Å²) in [6.45, 7) is 5.62. The van der Waals surface area contributed by atoms with Crippen LogP contribution in [0.2, 0.25) is 0 Å². The van der Waals surface area contributed by atoms with Crippen molar-refractivity contribution in [2.24, 2.45) is 4.99 Å². The molecule has 4 N–H and O–H groups in total. The molecule has 4 heterocycles. The first-order valence-corrected chi connectivity index (χ1v) is 13.4. The Kier molecular flexibility index (Phi) is 7.65. The van der Waals surface area contributed by atoms with Crippen LogP contribution in [0.4, 0.5) is 5.69 Å². The molecule has 0 aliphatic carbocycles. The zero-order valence-corrected chi connectivity index (χ0v) is 23.2. The summed E-state index contributed by atoms with van der Waals surface area (Å²) in [6, 6.07) is 13.6. The number of furan rings is 1. The Balaban J connectivity index is 0.00000337. The van der Waals surface area contributed by atoms with Crippen LogP contribution < -0.4 is 29.8 Å². The summed E-state index contributed by atoms with van der Waals surface area (Å²) in [4.78, 5) is 32.0. The number of nitrogens with zero attached hydrogens (tertiary/aromatic N) is 2. The van der Waals surface area contributed by atoms with Gasteiger partial charge in [-0.15, -0.1) is 0 Å². The first-order chi connectivity index (χ1) is 19.4. The van der Waals surface area contributed by atoms with Crippen molar-refractivity contribution in [3.8, 4) is 22.8 Å². The van der Waals surface area contributed by atoms with Gasteiger partial charge in [0.1, 0.15) is 17.2 Å². The second kappa shape index (κ2) is 11.2. The Labute approximate surface area is 237 Å². The number of hydrogen-bond acceptors (Lipinski definition) is 9. The van der Waals surface area contributed by atoms with Gasteiger partial charge in [0.05, 0.1) is 28.5 Å². The minimum Gasteiger partial charge on any atom is -0.630 e. The van der Waals surface area contributed by atoms with Crippen molar-refractivity contribution in [2.75, 3.05) is 13.4 Å². The van der Waals surface area contributed by atoms with Gasteiger partial charge in [0.25, 0.3) is 5.56 Å². The molecule has 12 heteroatoms. The number of hydrogen-bond donors (Lipinski definition) is 1. The maximum Gasteiger partial charge on any atom is 0.338 e. The van der Waals surface area contributed by atoms with E-state index in [1.165, 1.54) is 15.9 Å². The molecule has 41 heavy (non-hydrogen) atoms. The van der Waals surface area contributed by atoms with Gasteiger partial charge in [-0.3, -0.25) is 9.36 Å². The predicted molar refractivity (Wildman–Crippen MR) is 150 cm³/mol. The van der Waals surface area contributed by atoms with E-state index in [9.17, 15) is 14.8 Å². The molecule has 0 amide bonds. The Morgan fingerprint density at radius 2 is 1.98 bits per heavy atom. The van der Waals surface area contributed by atoms with Crippen molar-refractivity contribution in [1.82, 2.24) is 4.57 Å². The van der Waals surface area contributed by atoms with Gasteiger partial charge in [0, 0.05) is 23.3 Å². The number of ether oxygens (including phenoxy) is 3. The van der Waals surface area contributed by atoms with Crippen LogP contribution >= 0.6 is 11.3 Å². The lowest BCUT2D eigenvalue weighted by molar-refractivity contribution is -0.497. The molecule has 2 aromatic carbocycles. The van der Waals surface area contributed by atoms with Crippen LogP contribution in [0.3, 0.4) is 0 Å². The standard InChI is InChI=1S/C29H25N3O7S.H2O/c1-4-36-28(34)25-16(3)30-29-32(26(25)18-7-9-22-23(12-18)38-14-37-22)27(33)24(40-29)13-19-8-10-21(39-19)17-6-5-15(2)20(11-17)31-35;/h5-13,26H,4,14,31H2,1-3H3;1H2/b24-13-;. The molecule has 212 valence electrons. The number of nitrogens with two attached hydrogens (primary N) is 1. The Bertz CT molecular complexity index is 1870. The summed E-state index contributed by atoms with van der Waals surface area (Å²) in [5, 5.41) is 11.4. The molecule has 2 aromatic heterocycles. The summed E-state index contributed by atoms with van der Waals surface area (Å²) in [5.41, 5.74) is 4.13. The van der Waals surface area contributed by atoms with Gasteiger partial charge in [-0.25, -0.2) is 9.79 Å². The summed E-state index contributed by atoms with van der Waals surface area (Å²) in [5.74, 6) is 1.63. The van der Waals surface area contributed by atoms with E-state index >= 15 is 0 Å². The maximum atomic E-state index is 13.8. The number of rotatable bonds is 6. The van der Waals surface area contributed by atoms with E-state index < -0.39 is 12.0 Å². The summed E-state index contributed by atoms with van der Waals surface area (Å²) >= 11 is 1.20. The smallest absolute Gasteiger partial charge is 0.338 e. The number of benzene rings is 2. The zero-order valence-electron chi connectivity index (χ0n) is 22.4. The number of carbonyl (C=O) groups is 1. The fourth-order valence-electron chi connectivity index (χ4n) is 4.83. The van der Waals surface area contributed by atoms with Crippen molar-refractivity contribution in [3.63, 3.8) is 0 Å². The largest absolute Gasteiger partial charge is 0.630 e. The Morgan fingerprint density at radius 1 is 1.17 bits per heavy atom. The highest BCUT2D eigenvalue weighted by molar-refractivity contribution is 7.07. The highest BCUT2D eigenvalue weighted by atomic mass is 32.1. The van der Waals surface area contributed by atoms with Crippen molar-refractivity contribution < 1.29 is 34.4 Å². The molecule has 0 saturated carbocycles. The third-order valence-corrected chi connectivity index (χ3v) is 7.80. The minimum atomic E-state index is -0.770. The lowest BCUT2D eigenvalue weighted by atomic mass is 9.95. The van der Waals surface area contributed by atoms with Gasteiger partial charge in [0.15, 0.2) is 16.3 Å². The number of quaternary nitrogens is 1. The highest BCUT2D eigenvalue weighted by Gasteiger charge is 2.34. The normalized spacial score (nSPS) is 15.8. The number of thiazole rings is 1. The molecule has 6 rings (SSSR count). The monoisotopic (exact) mass is 577 g/mol. The number of allylic oxidation sites excluding steroid dienone is 1. The van der Waals surface area contributed by atoms with Gasteiger partial charge >= 0.3 is 5.97 Å². The predicted octanol–water partition coefficient (Wildman–Crippen LogP) is 1.96. The highest BCUT2D eigenvalue weighted by Crippen LogP contribution is 2.38. The van der Waals surface area contributed by atoms with Gasteiger partial charge in [-0.2, -0.15) is 0 Å². The van der Waals surface area contributed by atoms with Crippen molar-refractivity contribution in [2.45, 2.75) is 26.8 Å². The maximum absolute atomic E-state index is 13.8. The topological polar surface area (TPSA) is 163 Å². The van der Waals surface area contributed by atoms with Crippen molar-refractivity contribution in [3.05, 3.63) is 102 Å². The first kappa shape index (κ1) is 28.1. The third-order valence-electron chi connectivity index (χ3n) is 6.82. The number of aromatic nitrogens is 1. The molecule has 1 atom stereocenters. The van der Waals surface area contributed by atoms with Crippen molar-refractivity contribution >= 4 is 29.1 Å². The molecular formula is C29H27N3O8S. The van der Waals surface area contributed by atoms with E-state index in [-0.39, 0.29) is 30.0 Å². The minimum absolute atomic E-state index is 0. The molecule has 2 aliphatic rings. The molecule has 4 aromatic rings. The summed E-state index contributed by atoms with van der Waals surface area (Å²) in [7, 11) is 0. The average molecular weight is 578 g/mol. The summed E-state index contributed by atoms with van der Waals surface area (Å²) in [6.07, 6.45) is 1.66. The number of aryl methyl sites for hydroxylation is 1. The van der Waals surface area contributed by atoms with Crippen LogP contribution in [0.5, 0.6) is 11.5 Å². The van der Waals surface area contributed by atoms with Crippen LogP contribution in [0.15, 0.2) is 74.0 Å². The number of esters is 1. The van der Waals surface area contributed by atoms with E-state index in [0.29, 0.717) is 49.3 Å². The molecule has 0 radical (unpaired) electrons. The fraction of sp³-hybridized carbons (Fsp3) is 0.207. The van der Waals surface area contributed by atoms with E-state index in [2.05, 4.69) is 4.99 Å². The van der Waals surface area contributed by atoms with Crippen LogP contribution in [0.1, 0.15) is 36.8 Å². The van der Waals surface area contributed by atoms with E-state index in [1.54, 1.807) is 56.3 Å². The van der Waals surface area contributed by atoms with Gasteiger partial charge < -0.3 is 34.8 Å². The second-order valence-corrected chi connectivity index (χ2v) is 10.3. The Hall–Kier alpha value is -4.49. The van der Waals surface area contributed by atoms with Crippen molar-refractivity contribution in [1.29, 1.82) is 0 Å².